The van der Waals surface area contributed by atoms with Crippen molar-refractivity contribution in [1.29, 1.82) is 0 Å². The number of aryl methyl sites for hydroxylation is 1. The Balaban J connectivity index is 0.992. The molecule has 1 aliphatic carbocycles. The number of halogens is 4. The number of alkyl halides is 3. The first-order valence-electron chi connectivity index (χ1n) is 24.6. The number of hydrogen-bond donors (Lipinski definition) is 2. The minimum Gasteiger partial charge on any atom is -0.341 e. The highest BCUT2D eigenvalue weighted by Crippen LogP contribution is 2.41. The van der Waals surface area contributed by atoms with E-state index in [2.05, 4.69) is 10.6 Å². The van der Waals surface area contributed by atoms with Gasteiger partial charge in [-0.25, -0.2) is 14.0 Å². The van der Waals surface area contributed by atoms with Crippen molar-refractivity contribution >= 4 is 44.8 Å². The smallest absolute Gasteiger partial charge is 0.341 e. The van der Waals surface area contributed by atoms with Crippen molar-refractivity contribution < 1.29 is 17.6 Å². The third kappa shape index (κ3) is 10.2. The zero-order valence-electron chi connectivity index (χ0n) is 41.9. The summed E-state index contributed by atoms with van der Waals surface area (Å²) in [5.74, 6) is -1.53. The molecule has 0 spiro atoms. The van der Waals surface area contributed by atoms with Gasteiger partial charge in [0.1, 0.15) is 28.4 Å². The summed E-state index contributed by atoms with van der Waals surface area (Å²) in [6, 6.07) is 27.7. The Kier molecular flexibility index (Phi) is 13.8. The maximum atomic E-state index is 14.3. The fraction of sp³-hybridized carbons (Fsp3) is 0.339. The molecule has 5 heterocycles. The molecule has 8 aromatic rings. The van der Waals surface area contributed by atoms with Crippen LogP contribution in [0.25, 0.3) is 33.1 Å². The average Bonchev–Trinajstić information content (AvgIpc) is 3.88. The molecule has 3 aromatic carbocycles. The normalized spacial score (nSPS) is 15.6. The molecule has 3 atom stereocenters. The summed E-state index contributed by atoms with van der Waals surface area (Å²) < 4.78 is 64.9. The highest BCUT2D eigenvalue weighted by atomic mass is 19.4. The second kappa shape index (κ2) is 20.1. The number of rotatable bonds is 15. The quantitative estimate of drug-likeness (QED) is 0.0771. The van der Waals surface area contributed by atoms with Crippen molar-refractivity contribution in [1.82, 2.24) is 32.4 Å². The molecule has 0 saturated heterocycles. The van der Waals surface area contributed by atoms with E-state index in [9.17, 15) is 36.7 Å². The lowest BCUT2D eigenvalue weighted by Gasteiger charge is -2.30. The number of anilines is 4. The summed E-state index contributed by atoms with van der Waals surface area (Å²) >= 11 is 0. The minimum atomic E-state index is -4.29. The van der Waals surface area contributed by atoms with E-state index in [0.717, 1.165) is 37.2 Å². The zero-order chi connectivity index (χ0) is 52.0. The van der Waals surface area contributed by atoms with Crippen molar-refractivity contribution in [2.24, 2.45) is 37.8 Å². The molecule has 0 bridgehead atoms. The predicted octanol–water partition coefficient (Wildman–Crippen LogP) is 10.4. The molecule has 5 aromatic heterocycles. The number of para-hydroxylation sites is 1. The maximum Gasteiger partial charge on any atom is 0.392 e. The summed E-state index contributed by atoms with van der Waals surface area (Å²) in [5.41, 5.74) is 4.96. The number of aromatic nitrogens is 7. The molecule has 2 N–H and O–H groups in total. The fourth-order valence-corrected chi connectivity index (χ4v) is 10.2. The average molecular weight is 998 g/mol. The lowest BCUT2D eigenvalue weighted by molar-refractivity contribution is -0.186. The molecule has 0 saturated carbocycles. The van der Waals surface area contributed by atoms with Crippen LogP contribution in [0.1, 0.15) is 57.4 Å². The van der Waals surface area contributed by atoms with Gasteiger partial charge >= 0.3 is 17.6 Å². The molecule has 9 rings (SSSR count). The molecule has 3 unspecified atom stereocenters. The van der Waals surface area contributed by atoms with Gasteiger partial charge in [0.2, 0.25) is 0 Å². The van der Waals surface area contributed by atoms with Crippen molar-refractivity contribution in [3.8, 4) is 11.3 Å². The van der Waals surface area contributed by atoms with Gasteiger partial charge in [-0.2, -0.15) is 13.2 Å². The lowest BCUT2D eigenvalue weighted by Crippen LogP contribution is -2.39. The SMILES string of the molecule is Cc1cc(Nc2c3c(=O)n(C)c(=O)n(CC(C)C)c3cn2Cc2ccc(-c3cccc(CC(C)Cn4c(=O)n(C)c(=O)c5cn(CC6=CC(C)C(C(F)(F)F)CC6)c(Nc6ccccc6)c54)n3)cc2)ccc1F. The highest BCUT2D eigenvalue weighted by molar-refractivity contribution is 5.93. The molecule has 0 fully saturated rings. The number of nitrogens with zero attached hydrogens (tertiary/aromatic N) is 7. The first-order valence-corrected chi connectivity index (χ1v) is 24.6. The number of nitrogens with one attached hydrogen (secondary N) is 2. The molecule has 0 amide bonds. The summed E-state index contributed by atoms with van der Waals surface area (Å²) in [5, 5.41) is 7.46. The van der Waals surface area contributed by atoms with Crippen LogP contribution in [0.2, 0.25) is 0 Å². The zero-order valence-corrected chi connectivity index (χ0v) is 41.9. The second-order valence-electron chi connectivity index (χ2n) is 20.1. The largest absolute Gasteiger partial charge is 0.392 e. The van der Waals surface area contributed by atoms with Crippen molar-refractivity contribution in [3.05, 3.63) is 179 Å². The van der Waals surface area contributed by atoms with Gasteiger partial charge in [-0.3, -0.25) is 32.8 Å². The van der Waals surface area contributed by atoms with E-state index in [0.29, 0.717) is 69.9 Å². The van der Waals surface area contributed by atoms with Gasteiger partial charge in [0.05, 0.1) is 22.5 Å². The van der Waals surface area contributed by atoms with Crippen LogP contribution in [0, 0.1) is 36.4 Å². The molecule has 73 heavy (non-hydrogen) atoms. The van der Waals surface area contributed by atoms with Crippen LogP contribution < -0.4 is 33.1 Å². The van der Waals surface area contributed by atoms with E-state index in [-0.39, 0.29) is 43.6 Å². The molecule has 1 aliphatic rings. The number of allylic oxidation sites excluding steroid dienone is 2. The summed E-state index contributed by atoms with van der Waals surface area (Å²) in [6.45, 7) is 10.5. The first-order chi connectivity index (χ1) is 34.7. The van der Waals surface area contributed by atoms with E-state index < -0.39 is 40.5 Å². The van der Waals surface area contributed by atoms with Crippen LogP contribution in [-0.4, -0.2) is 38.6 Å². The molecular formula is C56H59F4N9O4. The third-order valence-electron chi connectivity index (χ3n) is 13.9. The van der Waals surface area contributed by atoms with Gasteiger partial charge < -0.3 is 19.8 Å². The molecule has 0 aliphatic heterocycles. The van der Waals surface area contributed by atoms with Crippen LogP contribution in [0.5, 0.6) is 0 Å². The molecule has 17 heteroatoms. The topological polar surface area (TPSA) is 135 Å². The fourth-order valence-electron chi connectivity index (χ4n) is 10.2. The lowest BCUT2D eigenvalue weighted by atomic mass is 9.81. The Morgan fingerprint density at radius 2 is 1.44 bits per heavy atom. The summed E-state index contributed by atoms with van der Waals surface area (Å²) in [6.07, 6.45) is 1.63. The van der Waals surface area contributed by atoms with E-state index in [4.69, 9.17) is 4.98 Å². The van der Waals surface area contributed by atoms with Gasteiger partial charge in [0, 0.05) is 75.3 Å². The van der Waals surface area contributed by atoms with E-state index in [1.807, 2.05) is 109 Å². The standard InChI is InChI=1S/C56H59F4N9O4/c1-33(2)27-68-47-32-67(50(48(47)53(71)65(7)54(68)72)63-42-21-23-45(57)36(5)26-42)29-37-16-19-39(20-17-37)46-15-11-14-41(61-46)24-34(3)28-69-49-43(52(70)64(6)55(69)73)31-66(51(49)62-40-12-9-8-10-13-40)30-38-18-22-44(35(4)25-38)56(58,59)60/h8-17,19-21,23,25-26,31-35,44,62-63H,18,22,24,27-30H2,1-7H3. The van der Waals surface area contributed by atoms with Crippen LogP contribution in [0.4, 0.5) is 40.6 Å². The van der Waals surface area contributed by atoms with Gasteiger partial charge in [-0.05, 0) is 97.5 Å². The van der Waals surface area contributed by atoms with Gasteiger partial charge in [0.15, 0.2) is 0 Å². The monoisotopic (exact) mass is 997 g/mol. The van der Waals surface area contributed by atoms with Crippen LogP contribution in [0.15, 0.2) is 134 Å². The summed E-state index contributed by atoms with van der Waals surface area (Å²) in [7, 11) is 2.92. The Labute approximate surface area is 418 Å². The molecule has 380 valence electrons. The van der Waals surface area contributed by atoms with E-state index in [1.165, 1.54) is 20.2 Å². The number of benzene rings is 3. The van der Waals surface area contributed by atoms with Crippen LogP contribution in [-0.2, 0) is 46.7 Å². The van der Waals surface area contributed by atoms with E-state index in [1.54, 1.807) is 47.4 Å². The predicted molar refractivity (Wildman–Crippen MR) is 280 cm³/mol. The molecular weight excluding hydrogens is 939 g/mol. The third-order valence-corrected chi connectivity index (χ3v) is 13.9. The Bertz CT molecular complexity index is 3650. The second-order valence-corrected chi connectivity index (χ2v) is 20.1. The van der Waals surface area contributed by atoms with Crippen LogP contribution in [0.3, 0.4) is 0 Å². The van der Waals surface area contributed by atoms with Crippen molar-refractivity contribution in [3.63, 3.8) is 0 Å². The van der Waals surface area contributed by atoms with Gasteiger partial charge in [-0.1, -0.05) is 87.9 Å². The maximum absolute atomic E-state index is 14.3. The highest BCUT2D eigenvalue weighted by Gasteiger charge is 2.43. The van der Waals surface area contributed by atoms with E-state index >= 15 is 0 Å². The van der Waals surface area contributed by atoms with Gasteiger partial charge in [0.25, 0.3) is 11.1 Å². The molecule has 13 nitrogen and oxygen atoms in total. The minimum absolute atomic E-state index is 0.0242. The Morgan fingerprint density at radius 1 is 0.753 bits per heavy atom. The molecule has 0 radical (unpaired) electrons. The number of fused-ring (bicyclic) bond motifs is 2. The van der Waals surface area contributed by atoms with Crippen molar-refractivity contribution in [2.75, 3.05) is 10.6 Å². The Morgan fingerprint density at radius 3 is 2.12 bits per heavy atom. The van der Waals surface area contributed by atoms with Gasteiger partial charge in [-0.15, -0.1) is 0 Å². The summed E-state index contributed by atoms with van der Waals surface area (Å²) in [4.78, 5) is 60.2. The van der Waals surface area contributed by atoms with Crippen molar-refractivity contribution in [2.45, 2.75) is 86.2 Å². The Hall–Kier alpha value is -7.69. The number of pyridine rings is 1. The number of hydrogen-bond acceptors (Lipinski definition) is 7. The first kappa shape index (κ1) is 50.3. The van der Waals surface area contributed by atoms with Crippen LogP contribution >= 0.6 is 0 Å².